The van der Waals surface area contributed by atoms with Gasteiger partial charge >= 0.3 is 11.8 Å². The van der Waals surface area contributed by atoms with E-state index in [1.54, 1.807) is 20.8 Å². The number of hydrogen-bond donors (Lipinski definition) is 1. The minimum absolute atomic E-state index is 0.171. The summed E-state index contributed by atoms with van der Waals surface area (Å²) < 4.78 is 4.97. The molecule has 82 valence electrons. The number of hydrogen-bond acceptors (Lipinski definition) is 5. The molecule has 0 bridgehead atoms. The summed E-state index contributed by atoms with van der Waals surface area (Å²) >= 11 is 0. The minimum atomic E-state index is -0.761. The van der Waals surface area contributed by atoms with Gasteiger partial charge < -0.3 is 14.9 Å². The van der Waals surface area contributed by atoms with E-state index in [1.165, 1.54) is 0 Å². The first-order valence-electron chi connectivity index (χ1n) is 4.22. The second-order valence-corrected chi connectivity index (χ2v) is 3.89. The van der Waals surface area contributed by atoms with E-state index >= 15 is 0 Å². The van der Waals surface area contributed by atoms with Crippen LogP contribution in [0.5, 0.6) is 0 Å². The van der Waals surface area contributed by atoms with E-state index in [0.717, 1.165) is 6.20 Å². The minimum Gasteiger partial charge on any atom is -0.456 e. The molecule has 0 radical (unpaired) electrons. The lowest BCUT2D eigenvalue weighted by Crippen LogP contribution is -2.24. The van der Waals surface area contributed by atoms with Crippen LogP contribution in [0.3, 0.4) is 0 Å². The van der Waals surface area contributed by atoms with Gasteiger partial charge in [-0.3, -0.25) is 0 Å². The Morgan fingerprint density at radius 3 is 2.67 bits per heavy atom. The Bertz CT molecular complexity index is 391. The fraction of sp³-hybridized carbons (Fsp3) is 0.500. The highest BCUT2D eigenvalue weighted by atomic mass is 16.6. The van der Waals surface area contributed by atoms with E-state index < -0.39 is 22.3 Å². The number of aromatic amines is 1. The number of esters is 1. The normalized spacial score (nSPS) is 11.1. The largest absolute Gasteiger partial charge is 0.456 e. The predicted octanol–water partition coefficient (Wildman–Crippen LogP) is 1.27. The Labute approximate surface area is 85.6 Å². The number of nitrogens with zero attached hydrogens (tertiary/aromatic N) is 2. The summed E-state index contributed by atoms with van der Waals surface area (Å²) in [6.45, 7) is 5.03. The maximum atomic E-state index is 11.5. The lowest BCUT2D eigenvalue weighted by atomic mass is 10.2. The molecule has 0 unspecified atom stereocenters. The van der Waals surface area contributed by atoms with Crippen LogP contribution >= 0.6 is 0 Å². The maximum Gasteiger partial charge on any atom is 0.357 e. The van der Waals surface area contributed by atoms with E-state index in [9.17, 15) is 14.9 Å². The SMILES string of the molecule is CC(C)(C)OC(=O)c1cn[nH]c1[N+](=O)[O-]. The molecule has 15 heavy (non-hydrogen) atoms. The molecule has 7 nitrogen and oxygen atoms in total. The highest BCUT2D eigenvalue weighted by molar-refractivity contribution is 5.93. The van der Waals surface area contributed by atoms with Crippen LogP contribution in [0.15, 0.2) is 6.20 Å². The Morgan fingerprint density at radius 2 is 2.20 bits per heavy atom. The molecule has 0 aliphatic carbocycles. The molecule has 0 aliphatic heterocycles. The quantitative estimate of drug-likeness (QED) is 0.453. The number of carbonyl (C=O) groups is 1. The number of nitro groups is 1. The van der Waals surface area contributed by atoms with Gasteiger partial charge in [0.15, 0.2) is 5.56 Å². The molecule has 1 rings (SSSR count). The lowest BCUT2D eigenvalue weighted by Gasteiger charge is -2.18. The zero-order valence-electron chi connectivity index (χ0n) is 8.60. The van der Waals surface area contributed by atoms with Crippen LogP contribution < -0.4 is 0 Å². The second kappa shape index (κ2) is 3.68. The maximum absolute atomic E-state index is 11.5. The van der Waals surface area contributed by atoms with Crippen molar-refractivity contribution < 1.29 is 14.5 Å². The molecule has 1 N–H and O–H groups in total. The van der Waals surface area contributed by atoms with Crippen LogP contribution in [0.25, 0.3) is 0 Å². The van der Waals surface area contributed by atoms with Crippen molar-refractivity contribution >= 4 is 11.8 Å². The molecule has 1 heterocycles. The predicted molar refractivity (Wildman–Crippen MR) is 50.4 cm³/mol. The average molecular weight is 213 g/mol. The highest BCUT2D eigenvalue weighted by Gasteiger charge is 2.26. The summed E-state index contributed by atoms with van der Waals surface area (Å²) in [6, 6.07) is 0. The van der Waals surface area contributed by atoms with Crippen LogP contribution in [-0.2, 0) is 4.74 Å². The third-order valence-electron chi connectivity index (χ3n) is 1.42. The summed E-state index contributed by atoms with van der Waals surface area (Å²) in [5.41, 5.74) is -0.864. The van der Waals surface area contributed by atoms with Gasteiger partial charge in [-0.05, 0) is 25.7 Å². The molecule has 0 spiro atoms. The Morgan fingerprint density at radius 1 is 1.60 bits per heavy atom. The van der Waals surface area contributed by atoms with Crippen molar-refractivity contribution in [1.82, 2.24) is 10.2 Å². The van der Waals surface area contributed by atoms with Crippen molar-refractivity contribution in [3.63, 3.8) is 0 Å². The fourth-order valence-corrected chi connectivity index (χ4v) is 0.901. The van der Waals surface area contributed by atoms with Crippen molar-refractivity contribution in [2.24, 2.45) is 0 Å². The zero-order chi connectivity index (χ0) is 11.6. The van der Waals surface area contributed by atoms with Gasteiger partial charge in [-0.1, -0.05) is 5.10 Å². The standard InChI is InChI=1S/C8H11N3O4/c1-8(2,3)15-7(12)5-4-9-10-6(5)11(13)14/h4H,1-3H3,(H,9,10). The van der Waals surface area contributed by atoms with Crippen molar-refractivity contribution in [3.05, 3.63) is 21.9 Å². The molecule has 0 atom stereocenters. The first kappa shape index (κ1) is 11.2. The molecule has 0 aliphatic rings. The van der Waals surface area contributed by atoms with E-state index in [1.807, 2.05) is 0 Å². The molecule has 7 heteroatoms. The number of H-pyrrole nitrogens is 1. The van der Waals surface area contributed by atoms with Crippen molar-refractivity contribution in [2.75, 3.05) is 0 Å². The molecule has 0 amide bonds. The molecule has 0 saturated heterocycles. The summed E-state index contributed by atoms with van der Waals surface area (Å²) in [7, 11) is 0. The van der Waals surface area contributed by atoms with Gasteiger partial charge in [-0.15, -0.1) is 5.10 Å². The molecule has 0 saturated carbocycles. The van der Waals surface area contributed by atoms with E-state index in [0.29, 0.717) is 0 Å². The first-order valence-corrected chi connectivity index (χ1v) is 4.22. The van der Waals surface area contributed by atoms with Crippen LogP contribution in [0.2, 0.25) is 0 Å². The monoisotopic (exact) mass is 213 g/mol. The van der Waals surface area contributed by atoms with Gasteiger partial charge in [0.05, 0.1) is 6.20 Å². The third kappa shape index (κ3) is 2.76. The first-order chi connectivity index (χ1) is 6.81. The summed E-state index contributed by atoms with van der Waals surface area (Å²) in [5.74, 6) is -1.22. The fourth-order valence-electron chi connectivity index (χ4n) is 0.901. The van der Waals surface area contributed by atoms with E-state index in [4.69, 9.17) is 4.74 Å². The molecule has 1 aromatic rings. The number of nitrogens with one attached hydrogen (secondary N) is 1. The number of ether oxygens (including phenoxy) is 1. The van der Waals surface area contributed by atoms with Gasteiger partial charge in [-0.25, -0.2) is 4.79 Å². The van der Waals surface area contributed by atoms with Crippen molar-refractivity contribution in [3.8, 4) is 0 Å². The number of carbonyl (C=O) groups excluding carboxylic acids is 1. The van der Waals surface area contributed by atoms with Crippen LogP contribution in [0.4, 0.5) is 5.82 Å². The summed E-state index contributed by atoms with van der Waals surface area (Å²) in [6.07, 6.45) is 1.08. The number of rotatable bonds is 2. The Kier molecular flexibility index (Phi) is 2.74. The van der Waals surface area contributed by atoms with Crippen LogP contribution in [-0.4, -0.2) is 26.7 Å². The van der Waals surface area contributed by atoms with Gasteiger partial charge in [0.2, 0.25) is 0 Å². The molecule has 1 aromatic heterocycles. The Hall–Kier alpha value is -1.92. The summed E-state index contributed by atoms with van der Waals surface area (Å²) in [4.78, 5) is 21.2. The van der Waals surface area contributed by atoms with Crippen molar-refractivity contribution in [1.29, 1.82) is 0 Å². The third-order valence-corrected chi connectivity index (χ3v) is 1.42. The van der Waals surface area contributed by atoms with Crippen LogP contribution in [0, 0.1) is 10.1 Å². The molecule has 0 fully saturated rings. The topological polar surface area (TPSA) is 98.1 Å². The smallest absolute Gasteiger partial charge is 0.357 e. The average Bonchev–Trinajstić information content (AvgIpc) is 2.47. The van der Waals surface area contributed by atoms with E-state index in [2.05, 4.69) is 10.2 Å². The highest BCUT2D eigenvalue weighted by Crippen LogP contribution is 2.18. The van der Waals surface area contributed by atoms with Gasteiger partial charge in [-0.2, -0.15) is 0 Å². The van der Waals surface area contributed by atoms with Gasteiger partial charge in [0.25, 0.3) is 0 Å². The van der Waals surface area contributed by atoms with E-state index in [-0.39, 0.29) is 5.56 Å². The molecular weight excluding hydrogens is 202 g/mol. The zero-order valence-corrected chi connectivity index (χ0v) is 8.60. The number of aromatic nitrogens is 2. The Balaban J connectivity index is 2.92. The van der Waals surface area contributed by atoms with Gasteiger partial charge in [0.1, 0.15) is 5.60 Å². The summed E-state index contributed by atoms with van der Waals surface area (Å²) in [5, 5.41) is 16.0. The molecular formula is C8H11N3O4. The van der Waals surface area contributed by atoms with Crippen molar-refractivity contribution in [2.45, 2.75) is 26.4 Å². The van der Waals surface area contributed by atoms with Gasteiger partial charge in [0, 0.05) is 0 Å². The second-order valence-electron chi connectivity index (χ2n) is 3.89. The van der Waals surface area contributed by atoms with Crippen LogP contribution in [0.1, 0.15) is 31.1 Å². The lowest BCUT2D eigenvalue weighted by molar-refractivity contribution is -0.389. The molecule has 0 aromatic carbocycles.